The predicted octanol–water partition coefficient (Wildman–Crippen LogP) is 7.56. The molecule has 1 aromatic heterocycles. The van der Waals surface area contributed by atoms with Crippen molar-refractivity contribution in [3.05, 3.63) is 62.4 Å². The predicted molar refractivity (Wildman–Crippen MR) is 165 cm³/mol. The maximum absolute atomic E-state index is 13.7. The van der Waals surface area contributed by atoms with Gasteiger partial charge in [-0.05, 0) is 90.5 Å². The number of hydrogen-bond acceptors (Lipinski definition) is 5. The number of rotatable bonds is 6. The summed E-state index contributed by atoms with van der Waals surface area (Å²) in [6.45, 7) is 20.2. The molecule has 2 aliphatic rings. The van der Waals surface area contributed by atoms with Gasteiger partial charge >= 0.3 is 0 Å². The first-order valence-corrected chi connectivity index (χ1v) is 17.6. The van der Waals surface area contributed by atoms with Crippen molar-refractivity contribution in [2.45, 2.75) is 90.0 Å². The van der Waals surface area contributed by atoms with Crippen molar-refractivity contribution in [1.82, 2.24) is 4.98 Å². The molecule has 5 rings (SSSR count). The molecule has 1 saturated heterocycles. The molecular formula is C31H40INO5Si. The number of aromatic nitrogens is 1. The number of ketones is 1. The van der Waals surface area contributed by atoms with Gasteiger partial charge in [0, 0.05) is 31.1 Å². The van der Waals surface area contributed by atoms with Gasteiger partial charge in [0.15, 0.2) is 19.9 Å². The maximum atomic E-state index is 13.7. The number of hydrogen-bond donors (Lipinski definition) is 1. The maximum Gasteiger partial charge on any atom is 0.195 e. The van der Waals surface area contributed by atoms with Crippen LogP contribution < -0.4 is 4.74 Å². The van der Waals surface area contributed by atoms with E-state index in [1.807, 2.05) is 44.2 Å². The van der Waals surface area contributed by atoms with Crippen LogP contribution in [0.5, 0.6) is 5.75 Å². The topological polar surface area (TPSA) is 69.8 Å². The van der Waals surface area contributed by atoms with Crippen LogP contribution in [0.3, 0.4) is 0 Å². The average molecular weight is 662 g/mol. The van der Waals surface area contributed by atoms with E-state index in [-0.39, 0.29) is 23.0 Å². The van der Waals surface area contributed by atoms with E-state index in [2.05, 4.69) is 81.4 Å². The summed E-state index contributed by atoms with van der Waals surface area (Å²) in [6, 6.07) is 12.0. The summed E-state index contributed by atoms with van der Waals surface area (Å²) in [5.41, 5.74) is 4.01. The van der Waals surface area contributed by atoms with E-state index in [9.17, 15) is 4.79 Å². The molecule has 2 atom stereocenters. The van der Waals surface area contributed by atoms with Crippen LogP contribution in [0.1, 0.15) is 75.6 Å². The second-order valence-electron chi connectivity index (χ2n) is 13.3. The molecule has 2 unspecified atom stereocenters. The molecule has 0 spiro atoms. The molecule has 210 valence electrons. The highest BCUT2D eigenvalue weighted by molar-refractivity contribution is 14.1. The van der Waals surface area contributed by atoms with E-state index in [4.69, 9.17) is 18.6 Å². The minimum atomic E-state index is -1.93. The summed E-state index contributed by atoms with van der Waals surface area (Å²) < 4.78 is 26.3. The van der Waals surface area contributed by atoms with E-state index >= 15 is 0 Å². The van der Waals surface area contributed by atoms with Crippen molar-refractivity contribution in [1.29, 1.82) is 0 Å². The summed E-state index contributed by atoms with van der Waals surface area (Å²) in [4.78, 5) is 17.2. The summed E-state index contributed by atoms with van der Waals surface area (Å²) >= 11 is 2.30. The number of halogens is 1. The fourth-order valence-corrected chi connectivity index (χ4v) is 6.85. The average Bonchev–Trinajstić information content (AvgIpc) is 3.36. The Kier molecular flexibility index (Phi) is 7.15. The molecule has 2 heterocycles. The van der Waals surface area contributed by atoms with Gasteiger partial charge in [0.2, 0.25) is 0 Å². The number of carbonyl (C=O) groups is 1. The highest BCUT2D eigenvalue weighted by Gasteiger charge is 2.45. The van der Waals surface area contributed by atoms with Crippen LogP contribution in [0.2, 0.25) is 18.1 Å². The number of ether oxygens (including phenoxy) is 3. The zero-order valence-corrected chi connectivity index (χ0v) is 27.6. The van der Waals surface area contributed by atoms with Crippen molar-refractivity contribution in [3.8, 4) is 5.75 Å². The number of fused-ring (bicyclic) bond motifs is 4. The second kappa shape index (κ2) is 9.68. The Morgan fingerprint density at radius 3 is 2.33 bits per heavy atom. The van der Waals surface area contributed by atoms with Gasteiger partial charge in [0.25, 0.3) is 0 Å². The Hall–Kier alpha value is -1.72. The molecule has 3 aromatic rings. The van der Waals surface area contributed by atoms with E-state index in [0.29, 0.717) is 19.0 Å². The molecule has 1 aliphatic carbocycles. The fraction of sp³-hybridized carbons (Fsp3) is 0.516. The molecule has 0 amide bonds. The number of benzene rings is 2. The van der Waals surface area contributed by atoms with Crippen molar-refractivity contribution in [2.24, 2.45) is 0 Å². The van der Waals surface area contributed by atoms with Crippen molar-refractivity contribution in [2.75, 3.05) is 13.2 Å². The first-order chi connectivity index (χ1) is 18.0. The normalized spacial score (nSPS) is 22.2. The SMILES string of the molecule is CC1(C)OC(COc2ccc3c(c2)C(C)(C)c2[nH]c4cc(I)ccc4c2C3=O)C(CO[Si](C)(C)C(C)(C)C)O1. The quantitative estimate of drug-likeness (QED) is 0.218. The minimum Gasteiger partial charge on any atom is -0.491 e. The Labute approximate surface area is 246 Å². The number of nitrogens with one attached hydrogen (secondary N) is 1. The molecule has 1 fully saturated rings. The smallest absolute Gasteiger partial charge is 0.195 e. The van der Waals surface area contributed by atoms with Crippen LogP contribution in [0.4, 0.5) is 0 Å². The molecular weight excluding hydrogens is 621 g/mol. The van der Waals surface area contributed by atoms with Crippen molar-refractivity contribution >= 4 is 47.6 Å². The minimum absolute atomic E-state index is 0.0513. The van der Waals surface area contributed by atoms with E-state index in [1.54, 1.807) is 0 Å². The number of aromatic amines is 1. The van der Waals surface area contributed by atoms with Gasteiger partial charge < -0.3 is 23.6 Å². The molecule has 1 N–H and O–H groups in total. The lowest BCUT2D eigenvalue weighted by molar-refractivity contribution is -0.150. The third-order valence-corrected chi connectivity index (χ3v) is 13.8. The zero-order chi connectivity index (χ0) is 28.5. The first kappa shape index (κ1) is 28.8. The van der Waals surface area contributed by atoms with E-state index < -0.39 is 19.5 Å². The molecule has 0 saturated carbocycles. The van der Waals surface area contributed by atoms with Gasteiger partial charge in [-0.1, -0.05) is 40.7 Å². The molecule has 6 nitrogen and oxygen atoms in total. The number of H-pyrrole nitrogens is 1. The van der Waals surface area contributed by atoms with E-state index in [1.165, 1.54) is 0 Å². The molecule has 0 bridgehead atoms. The summed E-state index contributed by atoms with van der Waals surface area (Å²) in [5.74, 6) is 0.0559. The molecule has 1 aliphatic heterocycles. The third-order valence-electron chi connectivity index (χ3n) is 8.64. The highest BCUT2D eigenvalue weighted by Crippen LogP contribution is 2.45. The summed E-state index contributed by atoms with van der Waals surface area (Å²) in [7, 11) is -1.93. The van der Waals surface area contributed by atoms with Crippen LogP contribution in [0.15, 0.2) is 36.4 Å². The van der Waals surface area contributed by atoms with Crippen LogP contribution in [-0.4, -0.2) is 50.3 Å². The molecule has 39 heavy (non-hydrogen) atoms. The first-order valence-electron chi connectivity index (χ1n) is 13.6. The molecule has 8 heteroatoms. The Morgan fingerprint density at radius 1 is 1.00 bits per heavy atom. The van der Waals surface area contributed by atoms with Crippen molar-refractivity contribution in [3.63, 3.8) is 0 Å². The van der Waals surface area contributed by atoms with Gasteiger partial charge in [0.1, 0.15) is 24.6 Å². The molecule has 0 radical (unpaired) electrons. The standard InChI is InChI=1S/C31H40INO5Si/c1-29(2,3)39(8,9)36-17-25-24(37-31(6,7)38-25)16-35-19-11-13-20-22(15-19)30(4,5)28-26(27(20)34)21-12-10-18(32)14-23(21)33-28/h10-15,24-25,33H,16-17H2,1-9H3. The van der Waals surface area contributed by atoms with Gasteiger partial charge in [-0.25, -0.2) is 0 Å². The van der Waals surface area contributed by atoms with Crippen molar-refractivity contribution < 1.29 is 23.4 Å². The Bertz CT molecular complexity index is 1430. The lowest BCUT2D eigenvalue weighted by Gasteiger charge is -2.37. The van der Waals surface area contributed by atoms with Gasteiger partial charge in [-0.15, -0.1) is 0 Å². The van der Waals surface area contributed by atoms with Gasteiger partial charge in [-0.3, -0.25) is 4.79 Å². The van der Waals surface area contributed by atoms with Gasteiger partial charge in [-0.2, -0.15) is 0 Å². The molecule has 2 aromatic carbocycles. The monoisotopic (exact) mass is 661 g/mol. The lowest BCUT2D eigenvalue weighted by atomic mass is 9.71. The third kappa shape index (κ3) is 5.23. The largest absolute Gasteiger partial charge is 0.491 e. The Morgan fingerprint density at radius 2 is 1.67 bits per heavy atom. The summed E-state index contributed by atoms with van der Waals surface area (Å²) in [6.07, 6.45) is -0.486. The van der Waals surface area contributed by atoms with Gasteiger partial charge in [0.05, 0.1) is 12.2 Å². The highest BCUT2D eigenvalue weighted by atomic mass is 127. The number of carbonyl (C=O) groups excluding carboxylic acids is 1. The van der Waals surface area contributed by atoms with Crippen LogP contribution in [0, 0.1) is 3.57 Å². The fourth-order valence-electron chi connectivity index (χ4n) is 5.35. The van der Waals surface area contributed by atoms with Crippen LogP contribution in [0.25, 0.3) is 10.9 Å². The Balaban J connectivity index is 1.36. The summed E-state index contributed by atoms with van der Waals surface area (Å²) in [5, 5.41) is 1.09. The zero-order valence-electron chi connectivity index (χ0n) is 24.5. The second-order valence-corrected chi connectivity index (χ2v) is 19.4. The van der Waals surface area contributed by atoms with E-state index in [0.717, 1.165) is 36.9 Å². The van der Waals surface area contributed by atoms with Crippen LogP contribution >= 0.6 is 22.6 Å². The lowest BCUT2D eigenvalue weighted by Crippen LogP contribution is -2.44. The van der Waals surface area contributed by atoms with Crippen LogP contribution in [-0.2, 0) is 19.3 Å².